The lowest BCUT2D eigenvalue weighted by molar-refractivity contribution is -0.173. The van der Waals surface area contributed by atoms with Gasteiger partial charge in [-0.05, 0) is 56.7 Å². The van der Waals surface area contributed by atoms with Gasteiger partial charge in [0.05, 0.1) is 26.1 Å². The van der Waals surface area contributed by atoms with E-state index in [4.69, 9.17) is 14.2 Å². The van der Waals surface area contributed by atoms with Gasteiger partial charge < -0.3 is 23.7 Å². The largest absolute Gasteiger partial charge is 0.497 e. The highest BCUT2D eigenvalue weighted by atomic mass is 16.5. The Balaban J connectivity index is 1.33. The summed E-state index contributed by atoms with van der Waals surface area (Å²) in [6, 6.07) is 5.98. The van der Waals surface area contributed by atoms with Gasteiger partial charge in [0.2, 0.25) is 0 Å². The number of rotatable bonds is 2. The monoisotopic (exact) mass is 425 g/mol. The molecule has 0 radical (unpaired) electrons. The fourth-order valence-electron chi connectivity index (χ4n) is 5.48. The van der Waals surface area contributed by atoms with Gasteiger partial charge in [-0.3, -0.25) is 4.79 Å². The van der Waals surface area contributed by atoms with Crippen LogP contribution in [0.4, 0.5) is 0 Å². The van der Waals surface area contributed by atoms with Gasteiger partial charge >= 0.3 is 0 Å². The molecule has 7 nitrogen and oxygen atoms in total. The Hall–Kier alpha value is -2.54. The molecule has 166 valence electrons. The van der Waals surface area contributed by atoms with Crippen LogP contribution in [0.15, 0.2) is 30.7 Å². The normalized spacial score (nSPS) is 26.0. The van der Waals surface area contributed by atoms with E-state index in [0.717, 1.165) is 49.4 Å². The van der Waals surface area contributed by atoms with Crippen LogP contribution in [0, 0.1) is 11.3 Å². The van der Waals surface area contributed by atoms with Crippen LogP contribution in [0.3, 0.4) is 0 Å². The number of imidazole rings is 1. The quantitative estimate of drug-likeness (QED) is 0.736. The van der Waals surface area contributed by atoms with E-state index >= 15 is 0 Å². The number of ether oxygens (including phenoxy) is 3. The predicted molar refractivity (Wildman–Crippen MR) is 115 cm³/mol. The maximum Gasteiger partial charge on any atom is 0.274 e. The third kappa shape index (κ3) is 3.49. The van der Waals surface area contributed by atoms with E-state index in [2.05, 4.69) is 18.8 Å². The lowest BCUT2D eigenvalue weighted by Crippen LogP contribution is -2.54. The Kier molecular flexibility index (Phi) is 4.77. The highest BCUT2D eigenvalue weighted by Gasteiger charge is 2.53. The van der Waals surface area contributed by atoms with E-state index in [1.807, 2.05) is 34.7 Å². The first kappa shape index (κ1) is 20.4. The fraction of sp³-hybridized carbons (Fsp3) is 0.583. The summed E-state index contributed by atoms with van der Waals surface area (Å²) in [6.45, 7) is 6.52. The summed E-state index contributed by atoms with van der Waals surface area (Å²) >= 11 is 0. The zero-order valence-corrected chi connectivity index (χ0v) is 18.8. The number of carbonyl (C=O) groups excluding carboxylic acids is 1. The van der Waals surface area contributed by atoms with Crippen LogP contribution in [0.2, 0.25) is 0 Å². The molecule has 5 rings (SSSR count). The Morgan fingerprint density at radius 2 is 2.03 bits per heavy atom. The second kappa shape index (κ2) is 7.26. The SMILES string of the molecule is COc1ccc2c(c1)[C@H]1OCC3(CCN(C(=O)c4cn(C)cn4)CC3)C[C@@H]1C(C)(C)O2. The molecule has 0 bridgehead atoms. The number of aryl methyl sites for hydroxylation is 1. The highest BCUT2D eigenvalue weighted by molar-refractivity contribution is 5.92. The molecule has 7 heteroatoms. The molecule has 0 unspecified atom stereocenters. The predicted octanol–water partition coefficient (Wildman–Crippen LogP) is 3.60. The third-order valence-corrected chi connectivity index (χ3v) is 7.41. The maximum absolute atomic E-state index is 12.8. The van der Waals surface area contributed by atoms with Crippen molar-refractivity contribution in [1.29, 1.82) is 0 Å². The van der Waals surface area contributed by atoms with Crippen LogP contribution >= 0.6 is 0 Å². The number of hydrogen-bond acceptors (Lipinski definition) is 5. The summed E-state index contributed by atoms with van der Waals surface area (Å²) < 4.78 is 20.2. The molecule has 0 aliphatic carbocycles. The molecule has 1 spiro atoms. The fourth-order valence-corrected chi connectivity index (χ4v) is 5.48. The Bertz CT molecular complexity index is 990. The molecule has 1 aromatic heterocycles. The van der Waals surface area contributed by atoms with Gasteiger partial charge in [0.1, 0.15) is 22.8 Å². The Labute approximate surface area is 183 Å². The Morgan fingerprint density at radius 3 is 2.71 bits per heavy atom. The molecule has 1 aromatic carbocycles. The molecule has 2 aromatic rings. The number of amides is 1. The molecule has 3 aliphatic heterocycles. The topological polar surface area (TPSA) is 65.8 Å². The van der Waals surface area contributed by atoms with Gasteiger partial charge in [-0.15, -0.1) is 0 Å². The molecule has 0 saturated carbocycles. The smallest absolute Gasteiger partial charge is 0.274 e. The summed E-state index contributed by atoms with van der Waals surface area (Å²) in [7, 11) is 3.57. The third-order valence-electron chi connectivity index (χ3n) is 7.41. The Morgan fingerprint density at radius 1 is 1.26 bits per heavy atom. The number of likely N-dealkylation sites (tertiary alicyclic amines) is 1. The molecule has 0 N–H and O–H groups in total. The zero-order chi connectivity index (χ0) is 21.8. The van der Waals surface area contributed by atoms with Gasteiger partial charge in [-0.1, -0.05) is 0 Å². The first-order chi connectivity index (χ1) is 14.8. The molecule has 2 atom stereocenters. The lowest BCUT2D eigenvalue weighted by Gasteiger charge is -2.54. The van der Waals surface area contributed by atoms with E-state index in [1.165, 1.54) is 0 Å². The van der Waals surface area contributed by atoms with Crippen molar-refractivity contribution in [1.82, 2.24) is 14.5 Å². The summed E-state index contributed by atoms with van der Waals surface area (Å²) in [6.07, 6.45) is 6.38. The average Bonchev–Trinajstić information content (AvgIpc) is 3.20. The molecule has 4 heterocycles. The maximum atomic E-state index is 12.8. The number of piperidine rings is 1. The summed E-state index contributed by atoms with van der Waals surface area (Å²) in [5, 5.41) is 0. The number of benzene rings is 1. The van der Waals surface area contributed by atoms with Crippen LogP contribution in [0.1, 0.15) is 55.3 Å². The summed E-state index contributed by atoms with van der Waals surface area (Å²) in [5.74, 6) is 1.98. The minimum atomic E-state index is -0.319. The second-order valence-corrected chi connectivity index (χ2v) is 9.87. The molecule has 2 fully saturated rings. The van der Waals surface area contributed by atoms with Crippen molar-refractivity contribution in [3.63, 3.8) is 0 Å². The van der Waals surface area contributed by atoms with Crippen LogP contribution in [-0.4, -0.2) is 52.8 Å². The summed E-state index contributed by atoms with van der Waals surface area (Å²) in [4.78, 5) is 19.0. The average molecular weight is 426 g/mol. The van der Waals surface area contributed by atoms with E-state index < -0.39 is 0 Å². The standard InChI is InChI=1S/C24H31N3O4/c1-23(2)18-12-24(7-9-27(10-8-24)22(28)19-13-26(3)15-25-19)14-30-21(18)17-11-16(29-4)5-6-20(17)31-23/h5-6,11,13,15,18,21H,7-10,12,14H2,1-4H3/t18-,21+/m0/s1. The van der Waals surface area contributed by atoms with Gasteiger partial charge in [0, 0.05) is 37.8 Å². The molecular weight excluding hydrogens is 394 g/mol. The molecular formula is C24H31N3O4. The number of carbonyl (C=O) groups is 1. The first-order valence-corrected chi connectivity index (χ1v) is 11.1. The first-order valence-electron chi connectivity index (χ1n) is 11.1. The van der Waals surface area contributed by atoms with E-state index in [-0.39, 0.29) is 28.9 Å². The van der Waals surface area contributed by atoms with Gasteiger partial charge in [0.25, 0.3) is 5.91 Å². The van der Waals surface area contributed by atoms with Crippen LogP contribution in [0.25, 0.3) is 0 Å². The van der Waals surface area contributed by atoms with E-state index in [1.54, 1.807) is 19.6 Å². The van der Waals surface area contributed by atoms with Crippen molar-refractivity contribution in [3.8, 4) is 11.5 Å². The van der Waals surface area contributed by atoms with Gasteiger partial charge in [-0.25, -0.2) is 4.98 Å². The zero-order valence-electron chi connectivity index (χ0n) is 18.8. The summed E-state index contributed by atoms with van der Waals surface area (Å²) in [5.41, 5.74) is 1.37. The van der Waals surface area contributed by atoms with E-state index in [0.29, 0.717) is 12.3 Å². The van der Waals surface area contributed by atoms with Crippen molar-refractivity contribution in [2.24, 2.45) is 18.4 Å². The number of hydrogen-bond donors (Lipinski definition) is 0. The second-order valence-electron chi connectivity index (χ2n) is 9.87. The van der Waals surface area contributed by atoms with Crippen molar-refractivity contribution in [3.05, 3.63) is 42.0 Å². The van der Waals surface area contributed by atoms with Crippen molar-refractivity contribution in [2.45, 2.75) is 44.8 Å². The van der Waals surface area contributed by atoms with Crippen molar-refractivity contribution < 1.29 is 19.0 Å². The number of aromatic nitrogens is 2. The highest BCUT2D eigenvalue weighted by Crippen LogP contribution is 2.55. The molecule has 31 heavy (non-hydrogen) atoms. The molecule has 2 saturated heterocycles. The van der Waals surface area contributed by atoms with Crippen LogP contribution in [-0.2, 0) is 11.8 Å². The van der Waals surface area contributed by atoms with Gasteiger partial charge in [0.15, 0.2) is 0 Å². The van der Waals surface area contributed by atoms with Crippen LogP contribution < -0.4 is 9.47 Å². The van der Waals surface area contributed by atoms with Crippen molar-refractivity contribution in [2.75, 3.05) is 26.8 Å². The lowest BCUT2D eigenvalue weighted by atomic mass is 9.64. The van der Waals surface area contributed by atoms with E-state index in [9.17, 15) is 4.79 Å². The van der Waals surface area contributed by atoms with Crippen molar-refractivity contribution >= 4 is 5.91 Å². The number of fused-ring (bicyclic) bond motifs is 3. The van der Waals surface area contributed by atoms with Gasteiger partial charge in [-0.2, -0.15) is 0 Å². The number of methoxy groups -OCH3 is 1. The van der Waals surface area contributed by atoms with Crippen LogP contribution in [0.5, 0.6) is 11.5 Å². The minimum absolute atomic E-state index is 0.00709. The molecule has 3 aliphatic rings. The minimum Gasteiger partial charge on any atom is -0.497 e. The molecule has 1 amide bonds. The number of nitrogens with zero attached hydrogens (tertiary/aromatic N) is 3.